The lowest BCUT2D eigenvalue weighted by Gasteiger charge is -2.32. The number of rotatable bonds is 9. The van der Waals surface area contributed by atoms with Crippen molar-refractivity contribution in [3.63, 3.8) is 0 Å². The van der Waals surface area contributed by atoms with Gasteiger partial charge in [0.05, 0.1) is 18.4 Å². The Hall–Kier alpha value is -4.14. The minimum atomic E-state index is -0.989. The topological polar surface area (TPSA) is 102 Å². The maximum atomic E-state index is 14.0. The fourth-order valence-electron chi connectivity index (χ4n) is 4.89. The predicted octanol–water partition coefficient (Wildman–Crippen LogP) is 4.65. The number of anilines is 1. The Morgan fingerprint density at radius 1 is 1.08 bits per heavy atom. The van der Waals surface area contributed by atoms with Crippen molar-refractivity contribution in [3.8, 4) is 5.75 Å². The molecular weight excluding hydrogens is 470 g/mol. The van der Waals surface area contributed by atoms with Gasteiger partial charge in [-0.2, -0.15) is 0 Å². The second kappa shape index (κ2) is 11.3. The van der Waals surface area contributed by atoms with E-state index in [0.29, 0.717) is 29.3 Å². The van der Waals surface area contributed by atoms with Crippen LogP contribution in [0.1, 0.15) is 50.8 Å². The number of para-hydroxylation sites is 1. The normalized spacial score (nSPS) is 14.8. The van der Waals surface area contributed by atoms with Crippen LogP contribution >= 0.6 is 0 Å². The molecule has 9 nitrogen and oxygen atoms in total. The van der Waals surface area contributed by atoms with Crippen LogP contribution in [-0.2, 0) is 16.1 Å². The van der Waals surface area contributed by atoms with E-state index in [1.54, 1.807) is 41.1 Å². The lowest BCUT2D eigenvalue weighted by molar-refractivity contribution is -0.128. The van der Waals surface area contributed by atoms with E-state index in [1.807, 2.05) is 31.2 Å². The summed E-state index contributed by atoms with van der Waals surface area (Å²) >= 11 is 0. The van der Waals surface area contributed by atoms with Gasteiger partial charge in [-0.05, 0) is 68.3 Å². The van der Waals surface area contributed by atoms with E-state index in [4.69, 9.17) is 9.15 Å². The third kappa shape index (κ3) is 5.50. The molecule has 0 spiro atoms. The number of hydrogen-bond donors (Lipinski definition) is 1. The summed E-state index contributed by atoms with van der Waals surface area (Å²) in [7, 11) is 0. The zero-order chi connectivity index (χ0) is 25.6. The number of nitrogens with zero attached hydrogens (tertiary/aromatic N) is 4. The number of amides is 2. The van der Waals surface area contributed by atoms with Gasteiger partial charge in [0.25, 0.3) is 5.91 Å². The van der Waals surface area contributed by atoms with Gasteiger partial charge in [-0.25, -0.2) is 4.68 Å². The summed E-state index contributed by atoms with van der Waals surface area (Å²) in [6, 6.07) is 17.2. The Morgan fingerprint density at radius 3 is 2.59 bits per heavy atom. The Kier molecular flexibility index (Phi) is 7.49. The van der Waals surface area contributed by atoms with Crippen LogP contribution in [0.5, 0.6) is 5.75 Å². The van der Waals surface area contributed by atoms with Gasteiger partial charge in [0.15, 0.2) is 6.04 Å². The number of fused-ring (bicyclic) bond motifs is 1. The average Bonchev–Trinajstić information content (AvgIpc) is 3.59. The molecule has 9 heteroatoms. The molecule has 2 aromatic carbocycles. The Balaban J connectivity index is 1.51. The lowest BCUT2D eigenvalue weighted by atomic mass is 9.95. The number of carbonyl (C=O) groups is 2. The highest BCUT2D eigenvalue weighted by Gasteiger charge is 2.36. The molecule has 2 aromatic heterocycles. The first-order valence-electron chi connectivity index (χ1n) is 12.8. The molecule has 1 N–H and O–H groups in total. The predicted molar refractivity (Wildman–Crippen MR) is 139 cm³/mol. The second-order valence-corrected chi connectivity index (χ2v) is 9.19. The lowest BCUT2D eigenvalue weighted by Crippen LogP contribution is -2.48. The molecule has 1 fully saturated rings. The molecule has 0 aliphatic heterocycles. The average molecular weight is 502 g/mol. The molecule has 2 heterocycles. The Morgan fingerprint density at radius 2 is 1.86 bits per heavy atom. The van der Waals surface area contributed by atoms with E-state index < -0.39 is 6.04 Å². The number of aromatic nitrogens is 3. The summed E-state index contributed by atoms with van der Waals surface area (Å²) < 4.78 is 12.9. The van der Waals surface area contributed by atoms with Crippen molar-refractivity contribution in [1.82, 2.24) is 20.3 Å². The largest absolute Gasteiger partial charge is 0.494 e. The van der Waals surface area contributed by atoms with Gasteiger partial charge in [-0.1, -0.05) is 36.6 Å². The molecule has 0 radical (unpaired) electrons. The molecule has 0 bridgehead atoms. The van der Waals surface area contributed by atoms with Crippen LogP contribution in [0.3, 0.4) is 0 Å². The van der Waals surface area contributed by atoms with E-state index in [1.165, 1.54) is 17.6 Å². The van der Waals surface area contributed by atoms with Crippen molar-refractivity contribution in [3.05, 3.63) is 72.7 Å². The summed E-state index contributed by atoms with van der Waals surface area (Å²) in [5, 5.41) is 11.5. The first-order chi connectivity index (χ1) is 18.1. The molecule has 192 valence electrons. The fourth-order valence-corrected chi connectivity index (χ4v) is 4.89. The van der Waals surface area contributed by atoms with Gasteiger partial charge >= 0.3 is 0 Å². The van der Waals surface area contributed by atoms with Crippen molar-refractivity contribution in [1.29, 1.82) is 0 Å². The van der Waals surface area contributed by atoms with Gasteiger partial charge in [0.2, 0.25) is 5.91 Å². The van der Waals surface area contributed by atoms with Crippen molar-refractivity contribution >= 4 is 28.5 Å². The van der Waals surface area contributed by atoms with Crippen LogP contribution in [-0.4, -0.2) is 39.5 Å². The molecule has 1 unspecified atom stereocenters. The monoisotopic (exact) mass is 501 g/mol. The number of furan rings is 1. The maximum absolute atomic E-state index is 14.0. The summed E-state index contributed by atoms with van der Waals surface area (Å²) in [6.07, 6.45) is 6.71. The van der Waals surface area contributed by atoms with Crippen LogP contribution in [0.15, 0.2) is 71.3 Å². The van der Waals surface area contributed by atoms with Crippen molar-refractivity contribution in [2.24, 2.45) is 0 Å². The summed E-state index contributed by atoms with van der Waals surface area (Å²) in [5.74, 6) is 0.480. The highest BCUT2D eigenvalue weighted by molar-refractivity contribution is 6.01. The minimum absolute atomic E-state index is 0.0789. The zero-order valence-electron chi connectivity index (χ0n) is 20.9. The van der Waals surface area contributed by atoms with Crippen LogP contribution in [0.25, 0.3) is 11.0 Å². The molecule has 1 saturated carbocycles. The van der Waals surface area contributed by atoms with Crippen molar-refractivity contribution in [2.75, 3.05) is 11.5 Å². The molecule has 1 aliphatic carbocycles. The first-order valence-corrected chi connectivity index (χ1v) is 12.8. The quantitative estimate of drug-likeness (QED) is 0.358. The van der Waals surface area contributed by atoms with Gasteiger partial charge in [0.1, 0.15) is 23.6 Å². The molecule has 4 aromatic rings. The minimum Gasteiger partial charge on any atom is -0.494 e. The molecule has 2 amide bonds. The molecule has 37 heavy (non-hydrogen) atoms. The van der Waals surface area contributed by atoms with Crippen LogP contribution in [0, 0.1) is 0 Å². The first kappa shape index (κ1) is 24.5. The number of carbonyl (C=O) groups excluding carboxylic acids is 2. The number of nitrogens with one attached hydrogen (secondary N) is 1. The SMILES string of the molecule is CCOc1ccc(N(C(=O)Cn2nnc3ccccc32)C(C(=O)NC2CCCCC2)c2ccco2)cc1. The molecule has 1 atom stereocenters. The summed E-state index contributed by atoms with van der Waals surface area (Å²) in [5.41, 5.74) is 1.99. The van der Waals surface area contributed by atoms with Crippen LogP contribution in [0.4, 0.5) is 5.69 Å². The van der Waals surface area contributed by atoms with E-state index >= 15 is 0 Å². The second-order valence-electron chi connectivity index (χ2n) is 9.19. The molecule has 1 aliphatic rings. The maximum Gasteiger partial charge on any atom is 0.251 e. The standard InChI is InChI=1S/C28H31N5O4/c1-2-36-22-16-14-21(15-17-22)33(26(34)19-32-24-12-7-6-11-23(24)30-31-32)27(25-13-8-18-37-25)28(35)29-20-9-4-3-5-10-20/h6-8,11-18,20,27H,2-5,9-10,19H2,1H3,(H,29,35). The smallest absolute Gasteiger partial charge is 0.251 e. The van der Waals surface area contributed by atoms with E-state index in [0.717, 1.165) is 31.2 Å². The molecule has 5 rings (SSSR count). The van der Waals surface area contributed by atoms with E-state index in [2.05, 4.69) is 15.6 Å². The van der Waals surface area contributed by atoms with E-state index in [-0.39, 0.29) is 24.4 Å². The van der Waals surface area contributed by atoms with Crippen molar-refractivity contribution in [2.45, 2.75) is 57.7 Å². The van der Waals surface area contributed by atoms with Crippen molar-refractivity contribution < 1.29 is 18.7 Å². The summed E-state index contributed by atoms with van der Waals surface area (Å²) in [4.78, 5) is 29.3. The highest BCUT2D eigenvalue weighted by atomic mass is 16.5. The Labute approximate surface area is 215 Å². The number of benzene rings is 2. The molecular formula is C28H31N5O4. The van der Waals surface area contributed by atoms with E-state index in [9.17, 15) is 9.59 Å². The van der Waals surface area contributed by atoms with Crippen LogP contribution < -0.4 is 15.0 Å². The summed E-state index contributed by atoms with van der Waals surface area (Å²) in [6.45, 7) is 2.34. The number of hydrogen-bond acceptors (Lipinski definition) is 6. The van der Waals surface area contributed by atoms with Crippen LogP contribution in [0.2, 0.25) is 0 Å². The molecule has 0 saturated heterocycles. The Bertz CT molecular complexity index is 1330. The van der Waals surface area contributed by atoms with Gasteiger partial charge in [-0.15, -0.1) is 5.10 Å². The fraction of sp³-hybridized carbons (Fsp3) is 0.357. The zero-order valence-corrected chi connectivity index (χ0v) is 20.9. The third-order valence-corrected chi connectivity index (χ3v) is 6.67. The van der Waals surface area contributed by atoms with Gasteiger partial charge in [0, 0.05) is 11.7 Å². The number of ether oxygens (including phenoxy) is 1. The van der Waals surface area contributed by atoms with Gasteiger partial charge in [-0.3, -0.25) is 14.5 Å². The third-order valence-electron chi connectivity index (χ3n) is 6.67. The van der Waals surface area contributed by atoms with Gasteiger partial charge < -0.3 is 14.5 Å². The highest BCUT2D eigenvalue weighted by Crippen LogP contribution is 2.31.